The minimum atomic E-state index is 0.323. The number of terminal acetylenes is 1. The van der Waals surface area contributed by atoms with Crippen LogP contribution in [0.25, 0.3) is 0 Å². The van der Waals surface area contributed by atoms with Gasteiger partial charge in [-0.1, -0.05) is 12.1 Å². The maximum atomic E-state index is 5.18. The molecule has 1 aromatic carbocycles. The fourth-order valence-corrected chi connectivity index (χ4v) is 1.37. The summed E-state index contributed by atoms with van der Waals surface area (Å²) in [5.41, 5.74) is 1.24. The zero-order chi connectivity index (χ0) is 11.1. The summed E-state index contributed by atoms with van der Waals surface area (Å²) < 4.78 is 5.10. The Labute approximate surface area is 91.6 Å². The third-order valence-electron chi connectivity index (χ3n) is 2.34. The third kappa shape index (κ3) is 3.65. The molecule has 1 aromatic rings. The molecule has 15 heavy (non-hydrogen) atoms. The van der Waals surface area contributed by atoms with Crippen LogP contribution < -0.4 is 10.1 Å². The van der Waals surface area contributed by atoms with E-state index >= 15 is 0 Å². The van der Waals surface area contributed by atoms with Crippen LogP contribution in [0, 0.1) is 12.3 Å². The van der Waals surface area contributed by atoms with E-state index in [2.05, 4.69) is 30.3 Å². The average Bonchev–Trinajstić information content (AvgIpc) is 2.29. The molecule has 1 rings (SSSR count). The lowest BCUT2D eigenvalue weighted by molar-refractivity contribution is 0.414. The van der Waals surface area contributed by atoms with Gasteiger partial charge in [0, 0.05) is 19.0 Å². The van der Waals surface area contributed by atoms with Crippen LogP contribution in [0.4, 0.5) is 0 Å². The summed E-state index contributed by atoms with van der Waals surface area (Å²) in [4.78, 5) is 0. The van der Waals surface area contributed by atoms with E-state index in [-0.39, 0.29) is 0 Å². The van der Waals surface area contributed by atoms with Crippen molar-refractivity contribution in [2.45, 2.75) is 19.4 Å². The van der Waals surface area contributed by atoms with Gasteiger partial charge in [0.25, 0.3) is 0 Å². The lowest BCUT2D eigenvalue weighted by Crippen LogP contribution is -2.19. The van der Waals surface area contributed by atoms with Crippen LogP contribution in [-0.4, -0.2) is 13.7 Å². The summed E-state index contributed by atoms with van der Waals surface area (Å²) in [5, 5.41) is 3.35. The van der Waals surface area contributed by atoms with E-state index in [0.29, 0.717) is 6.04 Å². The Balaban J connectivity index is 2.51. The van der Waals surface area contributed by atoms with E-state index in [1.54, 1.807) is 7.11 Å². The molecule has 0 aliphatic heterocycles. The van der Waals surface area contributed by atoms with Gasteiger partial charge in [-0.2, -0.15) is 0 Å². The van der Waals surface area contributed by atoms with Gasteiger partial charge in [-0.15, -0.1) is 12.3 Å². The van der Waals surface area contributed by atoms with Crippen molar-refractivity contribution >= 4 is 0 Å². The molecule has 2 nitrogen and oxygen atoms in total. The molecule has 0 fully saturated rings. The van der Waals surface area contributed by atoms with E-state index in [9.17, 15) is 0 Å². The number of benzene rings is 1. The molecule has 0 bridgehead atoms. The van der Waals surface area contributed by atoms with Gasteiger partial charge < -0.3 is 10.1 Å². The van der Waals surface area contributed by atoms with Gasteiger partial charge in [0.1, 0.15) is 5.75 Å². The molecular weight excluding hydrogens is 186 g/mol. The molecule has 0 spiro atoms. The zero-order valence-corrected chi connectivity index (χ0v) is 9.29. The lowest BCUT2D eigenvalue weighted by atomic mass is 10.1. The van der Waals surface area contributed by atoms with Gasteiger partial charge >= 0.3 is 0 Å². The second-order valence-corrected chi connectivity index (χ2v) is 3.40. The highest BCUT2D eigenvalue weighted by Crippen LogP contribution is 2.16. The van der Waals surface area contributed by atoms with Crippen molar-refractivity contribution in [2.24, 2.45) is 0 Å². The van der Waals surface area contributed by atoms with Crippen LogP contribution >= 0.6 is 0 Å². The summed E-state index contributed by atoms with van der Waals surface area (Å²) >= 11 is 0. The molecule has 0 saturated heterocycles. The smallest absolute Gasteiger partial charge is 0.118 e. The number of hydrogen-bond donors (Lipinski definition) is 1. The first kappa shape index (κ1) is 11.6. The third-order valence-corrected chi connectivity index (χ3v) is 2.34. The van der Waals surface area contributed by atoms with Crippen molar-refractivity contribution in [1.29, 1.82) is 0 Å². The SMILES string of the molecule is C#CCCNC(C)c1ccc(OC)cc1. The number of hydrogen-bond acceptors (Lipinski definition) is 2. The van der Waals surface area contributed by atoms with E-state index in [1.165, 1.54) is 5.56 Å². The molecule has 1 atom stereocenters. The molecule has 2 heteroatoms. The first-order chi connectivity index (χ1) is 7.27. The molecule has 0 aliphatic carbocycles. The largest absolute Gasteiger partial charge is 0.497 e. The summed E-state index contributed by atoms with van der Waals surface area (Å²) in [6.07, 6.45) is 5.95. The van der Waals surface area contributed by atoms with Crippen LogP contribution in [0.15, 0.2) is 24.3 Å². The van der Waals surface area contributed by atoms with Crippen LogP contribution in [0.2, 0.25) is 0 Å². The Morgan fingerprint density at radius 1 is 1.40 bits per heavy atom. The molecule has 80 valence electrons. The van der Waals surface area contributed by atoms with Gasteiger partial charge in [-0.3, -0.25) is 0 Å². The molecule has 0 heterocycles. The van der Waals surface area contributed by atoms with Crippen molar-refractivity contribution in [3.8, 4) is 18.1 Å². The molecule has 0 saturated carbocycles. The first-order valence-electron chi connectivity index (χ1n) is 5.08. The Bertz CT molecular complexity index is 323. The van der Waals surface area contributed by atoms with Gasteiger partial charge in [-0.25, -0.2) is 0 Å². The monoisotopic (exact) mass is 203 g/mol. The molecule has 0 amide bonds. The standard InChI is InChI=1S/C13H17NO/c1-4-5-10-14-11(2)12-6-8-13(15-3)9-7-12/h1,6-9,11,14H,5,10H2,2-3H3. The lowest BCUT2D eigenvalue weighted by Gasteiger charge is -2.13. The van der Waals surface area contributed by atoms with E-state index in [4.69, 9.17) is 11.2 Å². The fourth-order valence-electron chi connectivity index (χ4n) is 1.37. The van der Waals surface area contributed by atoms with Crippen molar-refractivity contribution in [2.75, 3.05) is 13.7 Å². The highest BCUT2D eigenvalue weighted by molar-refractivity contribution is 5.28. The number of nitrogens with one attached hydrogen (secondary N) is 1. The Morgan fingerprint density at radius 3 is 2.60 bits per heavy atom. The normalized spacial score (nSPS) is 11.8. The van der Waals surface area contributed by atoms with E-state index < -0.39 is 0 Å². The number of methoxy groups -OCH3 is 1. The van der Waals surface area contributed by atoms with Gasteiger partial charge in [0.15, 0.2) is 0 Å². The molecule has 0 aliphatic rings. The molecule has 0 radical (unpaired) electrons. The predicted octanol–water partition coefficient (Wildman–Crippen LogP) is 2.37. The van der Waals surface area contributed by atoms with E-state index in [1.807, 2.05) is 12.1 Å². The van der Waals surface area contributed by atoms with Crippen molar-refractivity contribution in [3.05, 3.63) is 29.8 Å². The Hall–Kier alpha value is -1.46. The van der Waals surface area contributed by atoms with Crippen molar-refractivity contribution in [1.82, 2.24) is 5.32 Å². The maximum Gasteiger partial charge on any atom is 0.118 e. The maximum absolute atomic E-state index is 5.18. The van der Waals surface area contributed by atoms with Crippen LogP contribution in [-0.2, 0) is 0 Å². The Kier molecular flexibility index (Phi) is 4.73. The average molecular weight is 203 g/mol. The first-order valence-corrected chi connectivity index (χ1v) is 5.08. The summed E-state index contributed by atoms with van der Waals surface area (Å²) in [6.45, 7) is 2.97. The number of ether oxygens (including phenoxy) is 1. The highest BCUT2D eigenvalue weighted by atomic mass is 16.5. The second-order valence-electron chi connectivity index (χ2n) is 3.40. The topological polar surface area (TPSA) is 21.3 Å². The highest BCUT2D eigenvalue weighted by Gasteiger charge is 2.03. The quantitative estimate of drug-likeness (QED) is 0.586. The zero-order valence-electron chi connectivity index (χ0n) is 9.29. The van der Waals surface area contributed by atoms with Crippen LogP contribution in [0.1, 0.15) is 24.9 Å². The van der Waals surface area contributed by atoms with Gasteiger partial charge in [0.05, 0.1) is 7.11 Å². The van der Waals surface area contributed by atoms with Crippen molar-refractivity contribution < 1.29 is 4.74 Å². The molecule has 1 unspecified atom stereocenters. The molecule has 0 aromatic heterocycles. The number of rotatable bonds is 5. The van der Waals surface area contributed by atoms with Gasteiger partial charge in [0.2, 0.25) is 0 Å². The minimum absolute atomic E-state index is 0.323. The van der Waals surface area contributed by atoms with Crippen LogP contribution in [0.5, 0.6) is 5.75 Å². The Morgan fingerprint density at radius 2 is 2.07 bits per heavy atom. The van der Waals surface area contributed by atoms with Crippen molar-refractivity contribution in [3.63, 3.8) is 0 Å². The van der Waals surface area contributed by atoms with Gasteiger partial charge in [-0.05, 0) is 24.6 Å². The predicted molar refractivity (Wildman–Crippen MR) is 62.9 cm³/mol. The fraction of sp³-hybridized carbons (Fsp3) is 0.385. The second kappa shape index (κ2) is 6.10. The summed E-state index contributed by atoms with van der Waals surface area (Å²) in [6, 6.07) is 8.38. The molecular formula is C13H17NO. The van der Waals surface area contributed by atoms with E-state index in [0.717, 1.165) is 18.7 Å². The summed E-state index contributed by atoms with van der Waals surface area (Å²) in [5.74, 6) is 3.49. The van der Waals surface area contributed by atoms with Crippen LogP contribution in [0.3, 0.4) is 0 Å². The molecule has 1 N–H and O–H groups in total. The minimum Gasteiger partial charge on any atom is -0.497 e. The summed E-state index contributed by atoms with van der Waals surface area (Å²) in [7, 11) is 1.67.